The van der Waals surface area contributed by atoms with Crippen LogP contribution in [0.3, 0.4) is 0 Å². The fourth-order valence-electron chi connectivity index (χ4n) is 8.36. The minimum Gasteiger partial charge on any atom is -0.390 e. The van der Waals surface area contributed by atoms with Crippen molar-refractivity contribution in [3.63, 3.8) is 0 Å². The molecule has 6 nitrogen and oxygen atoms in total. The molecule has 0 aromatic heterocycles. The third-order valence-corrected chi connectivity index (χ3v) is 9.90. The Kier molecular flexibility index (Phi) is 5.27. The van der Waals surface area contributed by atoms with Gasteiger partial charge >= 0.3 is 0 Å². The largest absolute Gasteiger partial charge is 0.390 e. The van der Waals surface area contributed by atoms with Crippen LogP contribution in [0, 0.1) is 22.7 Å². The maximum Gasteiger partial charge on any atom is 0.193 e. The van der Waals surface area contributed by atoms with Gasteiger partial charge in [-0.3, -0.25) is 9.59 Å². The van der Waals surface area contributed by atoms with Crippen molar-refractivity contribution >= 4 is 11.6 Å². The molecule has 33 heavy (non-hydrogen) atoms. The highest BCUT2D eigenvalue weighted by atomic mass is 19.1. The van der Waals surface area contributed by atoms with Crippen LogP contribution in [0.4, 0.5) is 8.78 Å². The predicted molar refractivity (Wildman–Crippen MR) is 114 cm³/mol. The maximum absolute atomic E-state index is 17.2. The summed E-state index contributed by atoms with van der Waals surface area (Å²) in [5, 5.41) is 21.3. The van der Waals surface area contributed by atoms with Crippen molar-refractivity contribution < 1.29 is 38.1 Å². The number of rotatable bonds is 4. The molecule has 0 aromatic rings. The predicted octanol–water partition coefficient (Wildman–Crippen LogP) is 2.98. The normalized spacial score (nSPS) is 53.1. The van der Waals surface area contributed by atoms with Gasteiger partial charge in [0.1, 0.15) is 18.4 Å². The molecular weight excluding hydrogens is 434 g/mol. The van der Waals surface area contributed by atoms with Crippen LogP contribution < -0.4 is 0 Å². The van der Waals surface area contributed by atoms with Gasteiger partial charge in [-0.15, -0.1) is 0 Å². The van der Waals surface area contributed by atoms with Gasteiger partial charge in [-0.2, -0.15) is 0 Å². The average Bonchev–Trinajstić information content (AvgIpc) is 3.24. The Labute approximate surface area is 192 Å². The molecule has 3 saturated carbocycles. The van der Waals surface area contributed by atoms with E-state index in [4.69, 9.17) is 9.47 Å². The summed E-state index contributed by atoms with van der Waals surface area (Å²) in [7, 11) is 0. The Hall–Kier alpha value is -1.22. The van der Waals surface area contributed by atoms with Crippen LogP contribution in [0.15, 0.2) is 11.6 Å². The number of carbonyl (C=O) groups is 2. The van der Waals surface area contributed by atoms with Gasteiger partial charge in [0, 0.05) is 23.2 Å². The van der Waals surface area contributed by atoms with Crippen molar-refractivity contribution in [3.05, 3.63) is 11.6 Å². The van der Waals surface area contributed by atoms with E-state index in [1.54, 1.807) is 13.8 Å². The molecule has 0 spiro atoms. The van der Waals surface area contributed by atoms with Gasteiger partial charge in [0.2, 0.25) is 0 Å². The van der Waals surface area contributed by atoms with Crippen LogP contribution in [0.5, 0.6) is 0 Å². The van der Waals surface area contributed by atoms with E-state index in [2.05, 4.69) is 0 Å². The molecule has 184 valence electrons. The number of allylic oxidation sites excluding steroid dienone is 1. The zero-order chi connectivity index (χ0) is 24.0. The van der Waals surface area contributed by atoms with Crippen LogP contribution >= 0.6 is 0 Å². The number of carbonyl (C=O) groups excluding carboxylic acids is 2. The second-order valence-electron chi connectivity index (χ2n) is 11.2. The molecule has 5 rings (SSSR count). The molecule has 5 unspecified atom stereocenters. The lowest BCUT2D eigenvalue weighted by molar-refractivity contribution is -0.242. The Morgan fingerprint density at radius 2 is 2.00 bits per heavy atom. The minimum atomic E-state index is -2.14. The van der Waals surface area contributed by atoms with Crippen LogP contribution in [0.25, 0.3) is 0 Å². The standard InChI is InChI=1S/C25H34F2O6/c1-4-5-21-32-20-10-14-15-9-17(26)16-8-13(29)6-7-22(16,2)24(15,27)18(30)11-23(14,3)25(20,33-21)19(31)12-28/h8,14-15,17-18,20-21,28,30H,4-7,9-12H2,1-3H3/t14-,15-,17?,18?,20?,21?,22-,23-,24?,25+/m0/s1. The van der Waals surface area contributed by atoms with E-state index in [9.17, 15) is 19.8 Å². The number of hydrogen-bond donors (Lipinski definition) is 2. The van der Waals surface area contributed by atoms with Gasteiger partial charge < -0.3 is 19.7 Å². The Morgan fingerprint density at radius 3 is 2.67 bits per heavy atom. The smallest absolute Gasteiger partial charge is 0.193 e. The lowest BCUT2D eigenvalue weighted by Gasteiger charge is -2.64. The van der Waals surface area contributed by atoms with Crippen LogP contribution in [-0.4, -0.2) is 64.3 Å². The van der Waals surface area contributed by atoms with E-state index in [1.165, 1.54) is 6.08 Å². The lowest BCUT2D eigenvalue weighted by Crippen LogP contribution is -2.71. The number of fused-ring (bicyclic) bond motifs is 7. The van der Waals surface area contributed by atoms with Gasteiger partial charge in [0.05, 0.1) is 12.2 Å². The first-order chi connectivity index (χ1) is 15.5. The summed E-state index contributed by atoms with van der Waals surface area (Å²) in [6, 6.07) is 0. The summed E-state index contributed by atoms with van der Waals surface area (Å²) in [4.78, 5) is 25.2. The zero-order valence-electron chi connectivity index (χ0n) is 19.5. The van der Waals surface area contributed by atoms with E-state index >= 15 is 8.78 Å². The highest BCUT2D eigenvalue weighted by Crippen LogP contribution is 2.72. The number of hydrogen-bond acceptors (Lipinski definition) is 6. The second-order valence-corrected chi connectivity index (χ2v) is 11.2. The summed E-state index contributed by atoms with van der Waals surface area (Å²) >= 11 is 0. The number of aliphatic hydroxyl groups excluding tert-OH is 2. The highest BCUT2D eigenvalue weighted by molar-refractivity contribution is 5.92. The van der Waals surface area contributed by atoms with Crippen LogP contribution in [-0.2, 0) is 19.1 Å². The lowest BCUT2D eigenvalue weighted by atomic mass is 9.43. The van der Waals surface area contributed by atoms with Crippen LogP contribution in [0.2, 0.25) is 0 Å². The summed E-state index contributed by atoms with van der Waals surface area (Å²) in [6.45, 7) is 4.65. The van der Waals surface area contributed by atoms with Gasteiger partial charge in [0.15, 0.2) is 23.5 Å². The number of alkyl halides is 2. The van der Waals surface area contributed by atoms with Gasteiger partial charge in [-0.25, -0.2) is 8.78 Å². The van der Waals surface area contributed by atoms with E-state index in [-0.39, 0.29) is 37.0 Å². The van der Waals surface area contributed by atoms with Gasteiger partial charge in [0.25, 0.3) is 0 Å². The van der Waals surface area contributed by atoms with Crippen LogP contribution in [0.1, 0.15) is 65.7 Å². The number of aliphatic hydroxyl groups is 2. The van der Waals surface area contributed by atoms with Crippen molar-refractivity contribution in [3.8, 4) is 0 Å². The van der Waals surface area contributed by atoms with E-state index in [0.717, 1.165) is 6.42 Å². The van der Waals surface area contributed by atoms with Crippen molar-refractivity contribution in [2.24, 2.45) is 22.7 Å². The molecule has 5 aliphatic rings. The Bertz CT molecular complexity index is 907. The molecule has 2 N–H and O–H groups in total. The van der Waals surface area contributed by atoms with Crippen molar-refractivity contribution in [1.29, 1.82) is 0 Å². The molecule has 4 aliphatic carbocycles. The molecule has 0 amide bonds. The first kappa shape index (κ1) is 23.5. The Balaban J connectivity index is 1.61. The Morgan fingerprint density at radius 1 is 1.27 bits per heavy atom. The summed E-state index contributed by atoms with van der Waals surface area (Å²) in [6.07, 6.45) is -1.37. The number of ether oxygens (including phenoxy) is 2. The molecule has 4 fully saturated rings. The molecule has 1 aliphatic heterocycles. The number of halogens is 2. The highest BCUT2D eigenvalue weighted by Gasteiger charge is 2.80. The van der Waals surface area contributed by atoms with Crippen molar-refractivity contribution in [2.75, 3.05) is 6.61 Å². The third-order valence-electron chi connectivity index (χ3n) is 9.90. The molecule has 0 radical (unpaired) electrons. The zero-order valence-corrected chi connectivity index (χ0v) is 19.5. The van der Waals surface area contributed by atoms with Crippen molar-refractivity contribution in [2.45, 2.75) is 102 Å². The molecule has 1 heterocycles. The van der Waals surface area contributed by atoms with Gasteiger partial charge in [-0.1, -0.05) is 27.2 Å². The summed E-state index contributed by atoms with van der Waals surface area (Å²) in [5.74, 6) is -2.10. The molecule has 0 aromatic carbocycles. The fraction of sp³-hybridized carbons (Fsp3) is 0.840. The molecular formula is C25H34F2O6. The fourth-order valence-corrected chi connectivity index (χ4v) is 8.36. The summed E-state index contributed by atoms with van der Waals surface area (Å²) < 4.78 is 45.1. The van der Waals surface area contributed by atoms with E-state index in [1.807, 2.05) is 6.92 Å². The van der Waals surface area contributed by atoms with Crippen molar-refractivity contribution in [1.82, 2.24) is 0 Å². The maximum atomic E-state index is 17.2. The van der Waals surface area contributed by atoms with E-state index in [0.29, 0.717) is 12.8 Å². The number of Topliss-reactive ketones (excluding diaryl/α,β-unsaturated/α-hetero) is 1. The molecule has 1 saturated heterocycles. The summed E-state index contributed by atoms with van der Waals surface area (Å²) in [5.41, 5.74) is -5.82. The third kappa shape index (κ3) is 2.67. The first-order valence-corrected chi connectivity index (χ1v) is 12.2. The van der Waals surface area contributed by atoms with E-state index < -0.39 is 71.0 Å². The van der Waals surface area contributed by atoms with Gasteiger partial charge in [-0.05, 0) is 49.7 Å². The molecule has 10 atom stereocenters. The molecule has 0 bridgehead atoms. The monoisotopic (exact) mass is 468 g/mol. The molecule has 8 heteroatoms. The first-order valence-electron chi connectivity index (χ1n) is 12.2. The number of ketones is 2. The SMILES string of the molecule is CCCC1OC2C[C@H]3[C@@H]4CC(F)C5=CC(=O)CC[C@]5(C)C4(F)C(O)C[C@]3(C)[C@]2(C(=O)CO)O1. The quantitative estimate of drug-likeness (QED) is 0.659. The topological polar surface area (TPSA) is 93.1 Å². The average molecular weight is 469 g/mol. The second kappa shape index (κ2) is 7.39. The minimum absolute atomic E-state index is 0.0666.